The summed E-state index contributed by atoms with van der Waals surface area (Å²) in [4.78, 5) is 43.3. The molecule has 8 nitrogen and oxygen atoms in total. The lowest BCUT2D eigenvalue weighted by Gasteiger charge is -2.34. The van der Waals surface area contributed by atoms with Gasteiger partial charge in [-0.1, -0.05) is 0 Å². The zero-order valence-corrected chi connectivity index (χ0v) is 13.3. The maximum absolute atomic E-state index is 12.4. The first-order chi connectivity index (χ1) is 12.1. The molecule has 4 rings (SSSR count). The van der Waals surface area contributed by atoms with Crippen molar-refractivity contribution in [3.63, 3.8) is 0 Å². The second-order valence-electron chi connectivity index (χ2n) is 6.30. The first kappa shape index (κ1) is 15.4. The van der Waals surface area contributed by atoms with Crippen LogP contribution in [0.1, 0.15) is 45.3 Å². The SMILES string of the molecule is O=C1CNC(=O)c2cc(C(=O)NC3CC(c4ncc[nH]4)C3)ccc2N1. The number of carbonyl (C=O) groups excluding carboxylic acids is 3. The molecule has 2 heterocycles. The Kier molecular flexibility index (Phi) is 3.72. The number of fused-ring (bicyclic) bond motifs is 1. The van der Waals surface area contributed by atoms with E-state index in [4.69, 9.17) is 0 Å². The molecule has 1 aromatic heterocycles. The molecule has 1 aromatic carbocycles. The van der Waals surface area contributed by atoms with Crippen LogP contribution < -0.4 is 16.0 Å². The number of nitrogens with zero attached hydrogens (tertiary/aromatic N) is 1. The van der Waals surface area contributed by atoms with E-state index in [0.29, 0.717) is 22.7 Å². The Hall–Kier alpha value is -3.16. The Morgan fingerprint density at radius 2 is 2.08 bits per heavy atom. The summed E-state index contributed by atoms with van der Waals surface area (Å²) in [5.74, 6) is 0.401. The number of aromatic nitrogens is 2. The molecule has 3 amide bonds. The molecule has 1 fully saturated rings. The highest BCUT2D eigenvalue weighted by atomic mass is 16.2. The van der Waals surface area contributed by atoms with Crippen molar-refractivity contribution in [3.8, 4) is 0 Å². The van der Waals surface area contributed by atoms with Crippen LogP contribution in [-0.2, 0) is 4.79 Å². The van der Waals surface area contributed by atoms with Crippen LogP contribution in [0.25, 0.3) is 0 Å². The minimum atomic E-state index is -0.371. The number of nitrogens with one attached hydrogen (secondary N) is 4. The third kappa shape index (κ3) is 2.98. The average molecular weight is 339 g/mol. The van der Waals surface area contributed by atoms with Gasteiger partial charge >= 0.3 is 0 Å². The molecule has 0 radical (unpaired) electrons. The quantitative estimate of drug-likeness (QED) is 0.661. The topological polar surface area (TPSA) is 116 Å². The predicted molar refractivity (Wildman–Crippen MR) is 89.2 cm³/mol. The molecule has 2 aliphatic rings. The number of benzene rings is 1. The molecule has 0 bridgehead atoms. The first-order valence-corrected chi connectivity index (χ1v) is 8.12. The van der Waals surface area contributed by atoms with Crippen molar-refractivity contribution in [3.05, 3.63) is 47.5 Å². The second kappa shape index (κ2) is 6.04. The standard InChI is InChI=1S/C17H17N5O3/c23-14-8-20-17(25)12-7-9(1-2-13(12)22-14)16(24)21-11-5-10(6-11)15-18-3-4-19-15/h1-4,7,10-11H,5-6,8H2,(H,18,19)(H,20,25)(H,21,24)(H,22,23). The van der Waals surface area contributed by atoms with Gasteiger partial charge in [-0.3, -0.25) is 14.4 Å². The highest BCUT2D eigenvalue weighted by Crippen LogP contribution is 2.35. The fourth-order valence-corrected chi connectivity index (χ4v) is 3.16. The third-order valence-corrected chi connectivity index (χ3v) is 4.59. The van der Waals surface area contributed by atoms with Gasteiger partial charge in [0.2, 0.25) is 5.91 Å². The molecule has 1 saturated carbocycles. The molecule has 0 saturated heterocycles. The Balaban J connectivity index is 1.43. The lowest BCUT2D eigenvalue weighted by molar-refractivity contribution is -0.115. The maximum Gasteiger partial charge on any atom is 0.253 e. The van der Waals surface area contributed by atoms with Crippen LogP contribution in [0.4, 0.5) is 5.69 Å². The van der Waals surface area contributed by atoms with Gasteiger partial charge in [-0.05, 0) is 31.0 Å². The van der Waals surface area contributed by atoms with Gasteiger partial charge in [-0.2, -0.15) is 0 Å². The minimum absolute atomic E-state index is 0.0781. The van der Waals surface area contributed by atoms with Gasteiger partial charge in [0, 0.05) is 29.9 Å². The van der Waals surface area contributed by atoms with Crippen LogP contribution in [0, 0.1) is 0 Å². The first-order valence-electron chi connectivity index (χ1n) is 8.12. The van der Waals surface area contributed by atoms with Crippen LogP contribution in [0.15, 0.2) is 30.6 Å². The number of H-pyrrole nitrogens is 1. The highest BCUT2D eigenvalue weighted by Gasteiger charge is 2.33. The van der Waals surface area contributed by atoms with Crippen molar-refractivity contribution in [1.82, 2.24) is 20.6 Å². The summed E-state index contributed by atoms with van der Waals surface area (Å²) in [6, 6.07) is 4.79. The summed E-state index contributed by atoms with van der Waals surface area (Å²) >= 11 is 0. The molecule has 0 atom stereocenters. The number of anilines is 1. The summed E-state index contributed by atoms with van der Waals surface area (Å²) < 4.78 is 0. The smallest absolute Gasteiger partial charge is 0.253 e. The number of aromatic amines is 1. The van der Waals surface area contributed by atoms with Crippen molar-refractivity contribution >= 4 is 23.4 Å². The largest absolute Gasteiger partial charge is 0.349 e. The third-order valence-electron chi connectivity index (χ3n) is 4.59. The molecule has 4 N–H and O–H groups in total. The van der Waals surface area contributed by atoms with E-state index >= 15 is 0 Å². The molecular weight excluding hydrogens is 322 g/mol. The molecule has 1 aliphatic heterocycles. The number of amides is 3. The lowest BCUT2D eigenvalue weighted by atomic mass is 9.79. The second-order valence-corrected chi connectivity index (χ2v) is 6.30. The van der Waals surface area contributed by atoms with E-state index in [0.717, 1.165) is 18.7 Å². The maximum atomic E-state index is 12.4. The zero-order chi connectivity index (χ0) is 17.4. The average Bonchev–Trinajstić information content (AvgIpc) is 3.04. The summed E-state index contributed by atoms with van der Waals surface area (Å²) in [6.45, 7) is -0.0781. The minimum Gasteiger partial charge on any atom is -0.349 e. The van der Waals surface area contributed by atoms with Crippen LogP contribution in [0.3, 0.4) is 0 Å². The van der Waals surface area contributed by atoms with E-state index in [2.05, 4.69) is 25.9 Å². The van der Waals surface area contributed by atoms with Gasteiger partial charge in [0.25, 0.3) is 11.8 Å². The molecule has 128 valence electrons. The number of carbonyl (C=O) groups is 3. The normalized spacial score (nSPS) is 22.1. The fraction of sp³-hybridized carbons (Fsp3) is 0.294. The molecule has 0 unspecified atom stereocenters. The van der Waals surface area contributed by atoms with Gasteiger partial charge in [0.15, 0.2) is 0 Å². The van der Waals surface area contributed by atoms with Crippen LogP contribution in [0.2, 0.25) is 0 Å². The Bertz CT molecular complexity index is 840. The number of hydrogen-bond donors (Lipinski definition) is 4. The molecular formula is C17H17N5O3. The number of rotatable bonds is 3. The van der Waals surface area contributed by atoms with Gasteiger partial charge < -0.3 is 20.9 Å². The predicted octanol–water partition coefficient (Wildman–Crippen LogP) is 0.768. The zero-order valence-electron chi connectivity index (χ0n) is 13.3. The van der Waals surface area contributed by atoms with E-state index in [-0.39, 0.29) is 30.3 Å². The van der Waals surface area contributed by atoms with Crippen molar-refractivity contribution in [1.29, 1.82) is 0 Å². The summed E-state index contributed by atoms with van der Waals surface area (Å²) in [7, 11) is 0. The van der Waals surface area contributed by atoms with Gasteiger partial charge in [-0.15, -0.1) is 0 Å². The van der Waals surface area contributed by atoms with Crippen molar-refractivity contribution in [2.75, 3.05) is 11.9 Å². The van der Waals surface area contributed by atoms with Gasteiger partial charge in [0.05, 0.1) is 17.8 Å². The van der Waals surface area contributed by atoms with Crippen molar-refractivity contribution in [2.24, 2.45) is 0 Å². The monoisotopic (exact) mass is 339 g/mol. The van der Waals surface area contributed by atoms with Gasteiger partial charge in [-0.25, -0.2) is 4.98 Å². The summed E-state index contributed by atoms with van der Waals surface area (Å²) in [6.07, 6.45) is 5.18. The van der Waals surface area contributed by atoms with Crippen LogP contribution in [-0.4, -0.2) is 40.3 Å². The Labute approximate surface area is 143 Å². The molecule has 1 aliphatic carbocycles. The van der Waals surface area contributed by atoms with E-state index < -0.39 is 0 Å². The van der Waals surface area contributed by atoms with Crippen molar-refractivity contribution < 1.29 is 14.4 Å². The molecule has 2 aromatic rings. The van der Waals surface area contributed by atoms with E-state index in [1.165, 1.54) is 6.07 Å². The van der Waals surface area contributed by atoms with Crippen LogP contribution >= 0.6 is 0 Å². The Morgan fingerprint density at radius 3 is 2.84 bits per heavy atom. The molecule has 25 heavy (non-hydrogen) atoms. The summed E-state index contributed by atoms with van der Waals surface area (Å²) in [5, 5.41) is 8.12. The lowest BCUT2D eigenvalue weighted by Crippen LogP contribution is -2.43. The highest BCUT2D eigenvalue weighted by molar-refractivity contribution is 6.10. The van der Waals surface area contributed by atoms with Gasteiger partial charge in [0.1, 0.15) is 5.82 Å². The van der Waals surface area contributed by atoms with Crippen LogP contribution in [0.5, 0.6) is 0 Å². The van der Waals surface area contributed by atoms with E-state index in [1.807, 2.05) is 0 Å². The number of imidazole rings is 1. The summed E-state index contributed by atoms with van der Waals surface area (Å²) in [5.41, 5.74) is 1.10. The number of hydrogen-bond acceptors (Lipinski definition) is 4. The van der Waals surface area contributed by atoms with E-state index in [1.54, 1.807) is 24.5 Å². The molecule has 8 heteroatoms. The fourth-order valence-electron chi connectivity index (χ4n) is 3.16. The van der Waals surface area contributed by atoms with E-state index in [9.17, 15) is 14.4 Å². The Morgan fingerprint density at radius 1 is 1.24 bits per heavy atom. The van der Waals surface area contributed by atoms with Crippen molar-refractivity contribution in [2.45, 2.75) is 24.8 Å². The molecule has 0 spiro atoms.